The van der Waals surface area contributed by atoms with Crippen molar-refractivity contribution in [2.24, 2.45) is 0 Å². The van der Waals surface area contributed by atoms with E-state index in [4.69, 9.17) is 0 Å². The van der Waals surface area contributed by atoms with Gasteiger partial charge in [0.2, 0.25) is 0 Å². The predicted octanol–water partition coefficient (Wildman–Crippen LogP) is 2.21. The zero-order chi connectivity index (χ0) is 7.84. The molecule has 2 aromatic heterocycles. The first-order valence-corrected chi connectivity index (χ1v) is 4.08. The lowest BCUT2D eigenvalue weighted by molar-refractivity contribution is 1.16. The molecule has 2 rings (SSSR count). The fourth-order valence-corrected chi connectivity index (χ4v) is 1.36. The summed E-state index contributed by atoms with van der Waals surface area (Å²) in [7, 11) is 0. The van der Waals surface area contributed by atoms with E-state index in [1.165, 1.54) is 0 Å². The van der Waals surface area contributed by atoms with Crippen molar-refractivity contribution in [1.29, 1.82) is 0 Å². The first-order chi connectivity index (χ1) is 5.25. The summed E-state index contributed by atoms with van der Waals surface area (Å²) in [4.78, 5) is 4.24. The Balaban J connectivity index is 2.82. The molecule has 0 amide bonds. The average Bonchev–Trinajstić information content (AvgIpc) is 2.27. The summed E-state index contributed by atoms with van der Waals surface area (Å²) in [5, 5.41) is 0. The van der Waals surface area contributed by atoms with Crippen LogP contribution in [0.1, 0.15) is 5.69 Å². The van der Waals surface area contributed by atoms with Gasteiger partial charge < -0.3 is 0 Å². The third-order valence-corrected chi connectivity index (χ3v) is 1.92. The molecule has 0 saturated heterocycles. The van der Waals surface area contributed by atoms with Crippen molar-refractivity contribution in [3.8, 4) is 0 Å². The van der Waals surface area contributed by atoms with Gasteiger partial charge in [-0.1, -0.05) is 0 Å². The van der Waals surface area contributed by atoms with E-state index in [1.54, 1.807) is 0 Å². The molecule has 0 atom stereocenters. The van der Waals surface area contributed by atoms with Crippen LogP contribution >= 0.6 is 15.9 Å². The fraction of sp³-hybridized carbons (Fsp3) is 0.125. The van der Waals surface area contributed by atoms with E-state index in [0.717, 1.165) is 15.8 Å². The summed E-state index contributed by atoms with van der Waals surface area (Å²) in [6.07, 6.45) is 5.01. The second-order valence-electron chi connectivity index (χ2n) is 2.38. The number of hydrogen-bond donors (Lipinski definition) is 0. The maximum atomic E-state index is 4.24. The molecule has 0 spiro atoms. The van der Waals surface area contributed by atoms with Gasteiger partial charge in [-0.3, -0.25) is 4.40 Å². The van der Waals surface area contributed by atoms with Crippen LogP contribution in [0.2, 0.25) is 0 Å². The summed E-state index contributed by atoms with van der Waals surface area (Å²) >= 11 is 3.37. The minimum atomic E-state index is 0.920. The van der Waals surface area contributed by atoms with Crippen LogP contribution in [0.3, 0.4) is 0 Å². The zero-order valence-electron chi connectivity index (χ0n) is 6.00. The van der Waals surface area contributed by atoms with Gasteiger partial charge in [-0.15, -0.1) is 0 Å². The van der Waals surface area contributed by atoms with Crippen LogP contribution in [0.25, 0.3) is 5.65 Å². The lowest BCUT2D eigenvalue weighted by atomic mass is 10.5. The smallest absolute Gasteiger partial charge is 0.137 e. The highest BCUT2D eigenvalue weighted by atomic mass is 79.9. The van der Waals surface area contributed by atoms with Crippen LogP contribution in [-0.4, -0.2) is 9.38 Å². The second-order valence-corrected chi connectivity index (χ2v) is 3.30. The van der Waals surface area contributed by atoms with Gasteiger partial charge in [0.05, 0.1) is 11.9 Å². The molecule has 1 radical (unpaired) electrons. The van der Waals surface area contributed by atoms with Crippen LogP contribution < -0.4 is 0 Å². The van der Waals surface area contributed by atoms with Crippen LogP contribution in [-0.2, 0) is 0 Å². The van der Waals surface area contributed by atoms with Crippen LogP contribution in [0.5, 0.6) is 0 Å². The number of hydrogen-bond acceptors (Lipinski definition) is 1. The Morgan fingerprint density at radius 1 is 1.55 bits per heavy atom. The predicted molar refractivity (Wildman–Crippen MR) is 46.5 cm³/mol. The topological polar surface area (TPSA) is 17.3 Å². The molecule has 2 aromatic rings. The minimum Gasteiger partial charge on any atom is -0.297 e. The monoisotopic (exact) mass is 209 g/mol. The summed E-state index contributed by atoms with van der Waals surface area (Å²) in [6, 6.07) is 3.92. The Morgan fingerprint density at radius 2 is 2.36 bits per heavy atom. The summed E-state index contributed by atoms with van der Waals surface area (Å²) in [5.74, 6) is 0. The fourth-order valence-electron chi connectivity index (χ4n) is 1.02. The normalized spacial score (nSPS) is 10.7. The van der Waals surface area contributed by atoms with Gasteiger partial charge >= 0.3 is 0 Å². The Bertz CT molecular complexity index is 392. The van der Waals surface area contributed by atoms with E-state index in [1.807, 2.05) is 29.7 Å². The molecule has 0 bridgehead atoms. The molecule has 2 heterocycles. The Morgan fingerprint density at radius 3 is 3.18 bits per heavy atom. The van der Waals surface area contributed by atoms with Crippen molar-refractivity contribution in [3.05, 3.63) is 34.7 Å². The molecule has 2 nitrogen and oxygen atoms in total. The Kier molecular flexibility index (Phi) is 1.46. The molecule has 55 valence electrons. The molecule has 0 aliphatic carbocycles. The average molecular weight is 210 g/mol. The van der Waals surface area contributed by atoms with Gasteiger partial charge in [0, 0.05) is 10.7 Å². The second kappa shape index (κ2) is 2.34. The number of aromatic nitrogens is 2. The van der Waals surface area contributed by atoms with E-state index < -0.39 is 0 Å². The van der Waals surface area contributed by atoms with Gasteiger partial charge in [-0.05, 0) is 35.0 Å². The van der Waals surface area contributed by atoms with Gasteiger partial charge in [0.1, 0.15) is 5.65 Å². The number of pyridine rings is 1. The molecular formula is C8H6BrN2. The van der Waals surface area contributed by atoms with Crippen LogP contribution in [0.15, 0.2) is 22.8 Å². The van der Waals surface area contributed by atoms with E-state index in [9.17, 15) is 0 Å². The maximum absolute atomic E-state index is 4.24. The Labute approximate surface area is 73.0 Å². The highest BCUT2D eigenvalue weighted by Crippen LogP contribution is 2.11. The number of nitrogens with zero attached hydrogens (tertiary/aromatic N) is 2. The van der Waals surface area contributed by atoms with Crippen molar-refractivity contribution >= 4 is 21.6 Å². The molecule has 0 fully saturated rings. The quantitative estimate of drug-likeness (QED) is 0.651. The first-order valence-electron chi connectivity index (χ1n) is 3.29. The van der Waals surface area contributed by atoms with E-state index in [-0.39, 0.29) is 0 Å². The van der Waals surface area contributed by atoms with Gasteiger partial charge in [-0.2, -0.15) is 0 Å². The Hall–Kier alpha value is -0.830. The number of aryl methyl sites for hydroxylation is 1. The van der Waals surface area contributed by atoms with E-state index in [2.05, 4.69) is 27.1 Å². The molecule has 11 heavy (non-hydrogen) atoms. The standard InChI is InChI=1S/C8H6BrN2/c1-6-4-11-5-7(9)2-3-8(11)10-6/h2-3,5H,1H3. The largest absolute Gasteiger partial charge is 0.297 e. The summed E-state index contributed by atoms with van der Waals surface area (Å²) in [6.45, 7) is 1.93. The zero-order valence-corrected chi connectivity index (χ0v) is 7.59. The molecule has 0 aliphatic rings. The number of rotatable bonds is 0. The molecular weight excluding hydrogens is 204 g/mol. The number of imidazole rings is 1. The molecule has 0 aliphatic heterocycles. The lowest BCUT2D eigenvalue weighted by Crippen LogP contribution is -1.80. The minimum absolute atomic E-state index is 0.920. The van der Waals surface area contributed by atoms with Crippen molar-refractivity contribution in [1.82, 2.24) is 9.38 Å². The van der Waals surface area contributed by atoms with Crippen molar-refractivity contribution in [3.63, 3.8) is 0 Å². The SMILES string of the molecule is Cc1[c]n2cc(Br)ccc2n1. The van der Waals surface area contributed by atoms with Crippen LogP contribution in [0.4, 0.5) is 0 Å². The van der Waals surface area contributed by atoms with Crippen LogP contribution in [0, 0.1) is 13.1 Å². The van der Waals surface area contributed by atoms with Crippen molar-refractivity contribution < 1.29 is 0 Å². The molecule has 0 aromatic carbocycles. The van der Waals surface area contributed by atoms with Gasteiger partial charge in [0.15, 0.2) is 0 Å². The molecule has 0 saturated carbocycles. The third-order valence-electron chi connectivity index (χ3n) is 1.46. The summed E-state index contributed by atoms with van der Waals surface area (Å²) in [5.41, 5.74) is 1.86. The van der Waals surface area contributed by atoms with Gasteiger partial charge in [0.25, 0.3) is 0 Å². The van der Waals surface area contributed by atoms with Crippen molar-refractivity contribution in [2.45, 2.75) is 6.92 Å². The molecule has 0 unspecified atom stereocenters. The summed E-state index contributed by atoms with van der Waals surface area (Å²) < 4.78 is 2.91. The molecule has 0 N–H and O–H groups in total. The number of fused-ring (bicyclic) bond motifs is 1. The third kappa shape index (κ3) is 1.16. The highest BCUT2D eigenvalue weighted by molar-refractivity contribution is 9.10. The van der Waals surface area contributed by atoms with Crippen molar-refractivity contribution in [2.75, 3.05) is 0 Å². The first kappa shape index (κ1) is 6.85. The highest BCUT2D eigenvalue weighted by Gasteiger charge is 1.96. The van der Waals surface area contributed by atoms with E-state index >= 15 is 0 Å². The lowest BCUT2D eigenvalue weighted by Gasteiger charge is -1.91. The molecule has 3 heteroatoms. The number of halogens is 1. The van der Waals surface area contributed by atoms with E-state index in [0.29, 0.717) is 0 Å². The van der Waals surface area contributed by atoms with Gasteiger partial charge in [-0.25, -0.2) is 4.98 Å². The maximum Gasteiger partial charge on any atom is 0.137 e.